The number of amides is 1. The number of aromatic nitrogens is 2. The first-order valence-electron chi connectivity index (χ1n) is 8.34. The van der Waals surface area contributed by atoms with Gasteiger partial charge in [-0.15, -0.1) is 0 Å². The predicted molar refractivity (Wildman–Crippen MR) is 97.9 cm³/mol. The number of carbonyl (C=O) groups excluding carboxylic acids is 1. The number of furan rings is 1. The van der Waals surface area contributed by atoms with Crippen molar-refractivity contribution in [2.45, 2.75) is 30.7 Å². The Labute approximate surface area is 155 Å². The normalized spacial score (nSPS) is 16.3. The van der Waals surface area contributed by atoms with Gasteiger partial charge in [0.25, 0.3) is 5.91 Å². The van der Waals surface area contributed by atoms with Crippen molar-refractivity contribution in [1.29, 1.82) is 0 Å². The van der Waals surface area contributed by atoms with Crippen LogP contribution in [0.4, 0.5) is 5.82 Å². The van der Waals surface area contributed by atoms with E-state index in [1.165, 1.54) is 6.26 Å². The summed E-state index contributed by atoms with van der Waals surface area (Å²) in [5.74, 6) is -0.141. The zero-order valence-corrected chi connectivity index (χ0v) is 15.6. The van der Waals surface area contributed by atoms with Crippen LogP contribution in [0.2, 0.25) is 0 Å². The molecule has 3 aromatic rings. The van der Waals surface area contributed by atoms with Crippen LogP contribution in [0.1, 0.15) is 38.3 Å². The lowest BCUT2D eigenvalue weighted by Crippen LogP contribution is -2.24. The van der Waals surface area contributed by atoms with Crippen molar-refractivity contribution >= 4 is 21.6 Å². The number of aromatic amines is 1. The van der Waals surface area contributed by atoms with Crippen molar-refractivity contribution in [2.75, 3.05) is 5.32 Å². The summed E-state index contributed by atoms with van der Waals surface area (Å²) in [5.41, 5.74) is 2.59. The monoisotopic (exact) mass is 386 g/mol. The molecule has 1 aliphatic rings. The lowest BCUT2D eigenvalue weighted by Gasteiger charge is -2.15. The Kier molecular flexibility index (Phi) is 4.12. The lowest BCUT2D eigenvalue weighted by atomic mass is 10.2. The largest absolute Gasteiger partial charge is 0.459 e. The maximum Gasteiger partial charge on any atom is 0.292 e. The van der Waals surface area contributed by atoms with E-state index in [2.05, 4.69) is 20.8 Å². The van der Waals surface area contributed by atoms with Crippen LogP contribution in [0.15, 0.2) is 45.9 Å². The number of nitrogens with one attached hydrogen (secondary N) is 3. The average Bonchev–Trinajstić information content (AvgIpc) is 3.32. The van der Waals surface area contributed by atoms with Crippen LogP contribution in [0.5, 0.6) is 0 Å². The topological polar surface area (TPSA) is 117 Å². The zero-order valence-electron chi connectivity index (χ0n) is 14.7. The van der Waals surface area contributed by atoms with Crippen LogP contribution in [0.3, 0.4) is 0 Å². The third-order valence-electron chi connectivity index (χ3n) is 4.54. The van der Waals surface area contributed by atoms with Crippen molar-refractivity contribution in [3.63, 3.8) is 0 Å². The number of sulfone groups is 1. The first-order chi connectivity index (χ1) is 12.9. The third kappa shape index (κ3) is 2.94. The number of hydrogen-bond donors (Lipinski definition) is 3. The number of nitrogens with zero attached hydrogens (tertiary/aromatic N) is 1. The van der Waals surface area contributed by atoms with Gasteiger partial charge in [-0.3, -0.25) is 15.2 Å². The van der Waals surface area contributed by atoms with E-state index in [4.69, 9.17) is 4.42 Å². The van der Waals surface area contributed by atoms with Crippen LogP contribution in [-0.4, -0.2) is 24.5 Å². The van der Waals surface area contributed by atoms with Gasteiger partial charge in [-0.25, -0.2) is 8.42 Å². The van der Waals surface area contributed by atoms with E-state index < -0.39 is 21.1 Å². The number of rotatable bonds is 4. The molecule has 0 fully saturated rings. The Balaban J connectivity index is 1.69. The summed E-state index contributed by atoms with van der Waals surface area (Å²) in [4.78, 5) is 12.7. The molecule has 1 unspecified atom stereocenters. The van der Waals surface area contributed by atoms with E-state index in [0.29, 0.717) is 23.4 Å². The molecule has 0 aliphatic carbocycles. The Hall–Kier alpha value is -2.91. The maximum absolute atomic E-state index is 13.1. The van der Waals surface area contributed by atoms with Crippen LogP contribution < -0.4 is 10.6 Å². The summed E-state index contributed by atoms with van der Waals surface area (Å²) in [7, 11) is -3.71. The van der Waals surface area contributed by atoms with Crippen LogP contribution in [0, 0.1) is 13.8 Å². The molecule has 0 bridgehead atoms. The molecule has 3 heterocycles. The van der Waals surface area contributed by atoms with Gasteiger partial charge in [0.15, 0.2) is 21.4 Å². The summed E-state index contributed by atoms with van der Waals surface area (Å²) in [6, 6.07) is 8.40. The third-order valence-corrected chi connectivity index (χ3v) is 6.47. The molecular weight excluding hydrogens is 368 g/mol. The maximum atomic E-state index is 13.1. The number of aryl methyl sites for hydroxylation is 2. The Morgan fingerprint density at radius 3 is 2.81 bits per heavy atom. The minimum absolute atomic E-state index is 0.163. The van der Waals surface area contributed by atoms with Gasteiger partial charge >= 0.3 is 0 Å². The molecule has 0 spiro atoms. The molecule has 2 aromatic heterocycles. The van der Waals surface area contributed by atoms with E-state index >= 15 is 0 Å². The summed E-state index contributed by atoms with van der Waals surface area (Å²) < 4.78 is 31.5. The highest BCUT2D eigenvalue weighted by molar-refractivity contribution is 7.91. The van der Waals surface area contributed by atoms with Crippen molar-refractivity contribution in [3.8, 4) is 0 Å². The molecule has 27 heavy (non-hydrogen) atoms. The minimum Gasteiger partial charge on any atom is -0.459 e. The minimum atomic E-state index is -3.71. The van der Waals surface area contributed by atoms with Crippen LogP contribution >= 0.6 is 0 Å². The van der Waals surface area contributed by atoms with Crippen LogP contribution in [-0.2, 0) is 16.4 Å². The van der Waals surface area contributed by atoms with Gasteiger partial charge in [-0.1, -0.05) is 12.1 Å². The smallest absolute Gasteiger partial charge is 0.292 e. The van der Waals surface area contributed by atoms with Gasteiger partial charge < -0.3 is 9.73 Å². The summed E-state index contributed by atoms with van der Waals surface area (Å²) in [6.45, 7) is 3.90. The Bertz CT molecular complexity index is 1130. The van der Waals surface area contributed by atoms with Crippen LogP contribution in [0.25, 0.3) is 0 Å². The molecule has 0 saturated heterocycles. The van der Waals surface area contributed by atoms with Gasteiger partial charge in [0.1, 0.15) is 5.37 Å². The molecule has 1 aliphatic heterocycles. The molecule has 1 aromatic carbocycles. The molecule has 4 rings (SSSR count). The van der Waals surface area contributed by atoms with Gasteiger partial charge in [0.05, 0.1) is 22.4 Å². The van der Waals surface area contributed by atoms with E-state index in [1.54, 1.807) is 31.2 Å². The zero-order chi connectivity index (χ0) is 19.2. The van der Waals surface area contributed by atoms with Gasteiger partial charge in [-0.05, 0) is 37.6 Å². The summed E-state index contributed by atoms with van der Waals surface area (Å²) >= 11 is 0. The fourth-order valence-electron chi connectivity index (χ4n) is 3.16. The van der Waals surface area contributed by atoms with Gasteiger partial charge in [0, 0.05) is 12.1 Å². The number of carbonyl (C=O) groups is 1. The molecular formula is C18H18N4O4S. The summed E-state index contributed by atoms with van der Waals surface area (Å²) in [6.07, 6.45) is 1.42. The first-order valence-corrected chi connectivity index (χ1v) is 9.89. The van der Waals surface area contributed by atoms with Crippen molar-refractivity contribution in [2.24, 2.45) is 0 Å². The number of H-pyrrole nitrogens is 1. The molecule has 0 saturated carbocycles. The summed E-state index contributed by atoms with van der Waals surface area (Å²) in [5, 5.41) is 11.5. The fourth-order valence-corrected chi connectivity index (χ4v) is 4.92. The highest BCUT2D eigenvalue weighted by atomic mass is 32.2. The first kappa shape index (κ1) is 17.5. The Morgan fingerprint density at radius 2 is 2.11 bits per heavy atom. The number of anilines is 1. The molecule has 140 valence electrons. The van der Waals surface area contributed by atoms with Crippen molar-refractivity contribution in [3.05, 3.63) is 64.7 Å². The molecule has 0 radical (unpaired) electrons. The quantitative estimate of drug-likeness (QED) is 0.634. The standard InChI is InChI=1S/C18H18N4O4S/c1-10-4-3-5-12(8-10)27(24,25)18-14-13(9-19-18)21-22-16(14)20-17(23)15-11(2)6-7-26-15/h3-8,18-19H,9H2,1-2H3,(H2,20,21,22,23). The molecule has 1 atom stereocenters. The SMILES string of the molecule is Cc1cccc(S(=O)(=O)C2NCc3[nH]nc(NC(=O)c4occc4C)c32)c1. The van der Waals surface area contributed by atoms with E-state index in [0.717, 1.165) is 5.56 Å². The number of hydrogen-bond acceptors (Lipinski definition) is 6. The van der Waals surface area contributed by atoms with E-state index in [9.17, 15) is 13.2 Å². The Morgan fingerprint density at radius 1 is 1.30 bits per heavy atom. The molecule has 9 heteroatoms. The lowest BCUT2D eigenvalue weighted by molar-refractivity contribution is 0.0995. The highest BCUT2D eigenvalue weighted by Crippen LogP contribution is 2.37. The number of benzene rings is 1. The second kappa shape index (κ2) is 6.36. The highest BCUT2D eigenvalue weighted by Gasteiger charge is 2.39. The van der Waals surface area contributed by atoms with Gasteiger partial charge in [-0.2, -0.15) is 5.10 Å². The predicted octanol–water partition coefficient (Wildman–Crippen LogP) is 2.45. The van der Waals surface area contributed by atoms with Gasteiger partial charge in [0.2, 0.25) is 0 Å². The molecule has 3 N–H and O–H groups in total. The number of fused-ring (bicyclic) bond motifs is 1. The molecule has 8 nitrogen and oxygen atoms in total. The second-order valence-electron chi connectivity index (χ2n) is 6.47. The van der Waals surface area contributed by atoms with Crippen molar-refractivity contribution in [1.82, 2.24) is 15.5 Å². The fraction of sp³-hybridized carbons (Fsp3) is 0.222. The van der Waals surface area contributed by atoms with E-state index in [1.807, 2.05) is 13.0 Å². The van der Waals surface area contributed by atoms with E-state index in [-0.39, 0.29) is 16.5 Å². The second-order valence-corrected chi connectivity index (χ2v) is 8.51. The average molecular weight is 386 g/mol. The van der Waals surface area contributed by atoms with Crippen molar-refractivity contribution < 1.29 is 17.6 Å². The molecule has 1 amide bonds.